The zero-order valence-electron chi connectivity index (χ0n) is 12.7. The van der Waals surface area contributed by atoms with E-state index in [9.17, 15) is 4.21 Å². The fraction of sp³-hybridized carbons (Fsp3) is 0.333. The van der Waals surface area contributed by atoms with E-state index < -0.39 is 10.8 Å². The van der Waals surface area contributed by atoms with E-state index in [1.165, 1.54) is 23.3 Å². The Kier molecular flexibility index (Phi) is 5.01. The lowest BCUT2D eigenvalue weighted by molar-refractivity contribution is 0.662. The molecule has 0 radical (unpaired) electrons. The Morgan fingerprint density at radius 2 is 1.77 bits per heavy atom. The van der Waals surface area contributed by atoms with Gasteiger partial charge < -0.3 is 5.32 Å². The summed E-state index contributed by atoms with van der Waals surface area (Å²) < 4.78 is 11.8. The van der Waals surface area contributed by atoms with Crippen LogP contribution in [0.4, 0.5) is 0 Å². The fourth-order valence-corrected chi connectivity index (χ4v) is 4.22. The topological polar surface area (TPSA) is 29.1 Å². The molecule has 2 aromatic carbocycles. The molecule has 1 N–H and O–H groups in total. The number of benzene rings is 2. The molecule has 0 heterocycles. The van der Waals surface area contributed by atoms with Gasteiger partial charge in [-0.25, -0.2) is 0 Å². The molecule has 0 aliphatic heterocycles. The van der Waals surface area contributed by atoms with Crippen LogP contribution in [0.5, 0.6) is 0 Å². The molecule has 1 atom stereocenters. The van der Waals surface area contributed by atoms with Crippen molar-refractivity contribution >= 4 is 22.6 Å². The highest BCUT2D eigenvalue weighted by Gasteiger charge is 2.43. The molecule has 3 rings (SSSR count). The Balaban J connectivity index is 1.49. The van der Waals surface area contributed by atoms with Gasteiger partial charge in [0.1, 0.15) is 0 Å². The van der Waals surface area contributed by atoms with Crippen LogP contribution in [-0.2, 0) is 17.3 Å². The monoisotopic (exact) mass is 331 g/mol. The van der Waals surface area contributed by atoms with Crippen molar-refractivity contribution < 1.29 is 4.21 Å². The smallest absolute Gasteiger partial charge is 0.0498 e. The number of nitrogens with one attached hydrogen (secondary N) is 1. The number of hydrogen-bond acceptors (Lipinski definition) is 3. The van der Waals surface area contributed by atoms with Gasteiger partial charge in [0.25, 0.3) is 0 Å². The normalized spacial score (nSPS) is 17.1. The second-order valence-electron chi connectivity index (χ2n) is 5.80. The molecule has 0 bridgehead atoms. The van der Waals surface area contributed by atoms with Gasteiger partial charge in [0.2, 0.25) is 0 Å². The molecule has 1 aliphatic carbocycles. The summed E-state index contributed by atoms with van der Waals surface area (Å²) in [4.78, 5) is 2.25. The van der Waals surface area contributed by atoms with Gasteiger partial charge in [0.05, 0.1) is 0 Å². The maximum absolute atomic E-state index is 11.4. The van der Waals surface area contributed by atoms with E-state index in [0.29, 0.717) is 4.75 Å². The van der Waals surface area contributed by atoms with Gasteiger partial charge in [-0.1, -0.05) is 30.3 Å². The van der Waals surface area contributed by atoms with Gasteiger partial charge >= 0.3 is 0 Å². The quantitative estimate of drug-likeness (QED) is 0.836. The van der Waals surface area contributed by atoms with E-state index in [1.807, 2.05) is 23.9 Å². The van der Waals surface area contributed by atoms with Crippen molar-refractivity contribution in [3.63, 3.8) is 0 Å². The molecule has 0 amide bonds. The predicted octanol–water partition coefficient (Wildman–Crippen LogP) is 3.84. The maximum atomic E-state index is 11.4. The molecule has 1 saturated carbocycles. The first-order valence-electron chi connectivity index (χ1n) is 7.54. The van der Waals surface area contributed by atoms with Crippen LogP contribution >= 0.6 is 11.8 Å². The highest BCUT2D eigenvalue weighted by molar-refractivity contribution is 8.01. The van der Waals surface area contributed by atoms with Crippen molar-refractivity contribution in [1.82, 2.24) is 5.32 Å². The minimum atomic E-state index is -0.893. The van der Waals surface area contributed by atoms with Crippen molar-refractivity contribution in [2.24, 2.45) is 0 Å². The molecule has 0 saturated heterocycles. The number of hydrogen-bond donors (Lipinski definition) is 1. The third kappa shape index (κ3) is 4.22. The average Bonchev–Trinajstić information content (AvgIpc) is 3.28. The average molecular weight is 332 g/mol. The number of thioether (sulfide) groups is 1. The Labute approximate surface area is 139 Å². The van der Waals surface area contributed by atoms with Gasteiger partial charge in [-0.15, -0.1) is 11.8 Å². The summed E-state index contributed by atoms with van der Waals surface area (Å²) in [7, 11) is -0.893. The highest BCUT2D eigenvalue weighted by atomic mass is 32.2. The second kappa shape index (κ2) is 6.99. The standard InChI is InChI=1S/C18H21NOS2/c1-22(20)17-9-7-15(8-10-17)13-19-14-18(11-12-18)21-16-5-3-2-4-6-16/h2-10,19H,11-14H2,1H3/t22-/m0/s1. The Morgan fingerprint density at radius 3 is 2.36 bits per heavy atom. The molecule has 2 aromatic rings. The molecule has 4 heteroatoms. The lowest BCUT2D eigenvalue weighted by atomic mass is 10.2. The zero-order valence-corrected chi connectivity index (χ0v) is 14.4. The molecule has 0 unspecified atom stereocenters. The lowest BCUT2D eigenvalue weighted by Crippen LogP contribution is -2.25. The summed E-state index contributed by atoms with van der Waals surface area (Å²) in [5.41, 5.74) is 1.25. The Hall–Kier alpha value is -1.10. The minimum Gasteiger partial charge on any atom is -0.311 e. The van der Waals surface area contributed by atoms with Gasteiger partial charge in [-0.2, -0.15) is 0 Å². The third-order valence-corrected chi connectivity index (χ3v) is 6.35. The van der Waals surface area contributed by atoms with Crippen LogP contribution in [0.2, 0.25) is 0 Å². The molecular formula is C18H21NOS2. The summed E-state index contributed by atoms with van der Waals surface area (Å²) in [5.74, 6) is 0. The lowest BCUT2D eigenvalue weighted by Gasteiger charge is -2.16. The first-order chi connectivity index (χ1) is 10.7. The summed E-state index contributed by atoms with van der Waals surface area (Å²) in [6.07, 6.45) is 4.28. The van der Waals surface area contributed by atoms with Crippen LogP contribution in [0, 0.1) is 0 Å². The summed E-state index contributed by atoms with van der Waals surface area (Å²) in [5, 5.41) is 3.58. The van der Waals surface area contributed by atoms with Crippen molar-refractivity contribution in [2.45, 2.75) is 33.9 Å². The van der Waals surface area contributed by atoms with Crippen LogP contribution in [0.1, 0.15) is 18.4 Å². The van der Waals surface area contributed by atoms with E-state index in [1.54, 1.807) is 6.26 Å². The molecule has 1 fully saturated rings. The zero-order chi connectivity index (χ0) is 15.4. The summed E-state index contributed by atoms with van der Waals surface area (Å²) >= 11 is 2.00. The molecule has 22 heavy (non-hydrogen) atoms. The largest absolute Gasteiger partial charge is 0.311 e. The van der Waals surface area contributed by atoms with Crippen LogP contribution < -0.4 is 5.32 Å². The third-order valence-electron chi connectivity index (χ3n) is 3.92. The number of rotatable bonds is 7. The van der Waals surface area contributed by atoms with Gasteiger partial charge in [0, 0.05) is 44.7 Å². The summed E-state index contributed by atoms with van der Waals surface area (Å²) in [6, 6.07) is 18.7. The molecular weight excluding hydrogens is 310 g/mol. The Bertz CT molecular complexity index is 636. The van der Waals surface area contributed by atoms with Gasteiger partial charge in [-0.05, 0) is 42.7 Å². The van der Waals surface area contributed by atoms with Crippen molar-refractivity contribution in [2.75, 3.05) is 12.8 Å². The van der Waals surface area contributed by atoms with E-state index in [2.05, 4.69) is 47.8 Å². The summed E-state index contributed by atoms with van der Waals surface area (Å²) in [6.45, 7) is 1.90. The van der Waals surface area contributed by atoms with Crippen LogP contribution in [-0.4, -0.2) is 21.8 Å². The molecule has 0 aromatic heterocycles. The van der Waals surface area contributed by atoms with Crippen molar-refractivity contribution in [3.05, 3.63) is 60.2 Å². The molecule has 0 spiro atoms. The van der Waals surface area contributed by atoms with E-state index in [4.69, 9.17) is 0 Å². The van der Waals surface area contributed by atoms with Crippen molar-refractivity contribution in [3.8, 4) is 0 Å². The second-order valence-corrected chi connectivity index (χ2v) is 8.72. The SMILES string of the molecule is C[S@](=O)c1ccc(CNCC2(Sc3ccccc3)CC2)cc1. The first-order valence-corrected chi connectivity index (χ1v) is 9.92. The molecule has 1 aliphatic rings. The van der Waals surface area contributed by atoms with E-state index >= 15 is 0 Å². The predicted molar refractivity (Wildman–Crippen MR) is 94.7 cm³/mol. The maximum Gasteiger partial charge on any atom is 0.0498 e. The fourth-order valence-electron chi connectivity index (χ4n) is 2.43. The Morgan fingerprint density at radius 1 is 1.09 bits per heavy atom. The molecule has 2 nitrogen and oxygen atoms in total. The van der Waals surface area contributed by atoms with E-state index in [-0.39, 0.29) is 0 Å². The minimum absolute atomic E-state index is 0.381. The van der Waals surface area contributed by atoms with Gasteiger partial charge in [0.15, 0.2) is 0 Å². The van der Waals surface area contributed by atoms with Crippen LogP contribution in [0.15, 0.2) is 64.4 Å². The van der Waals surface area contributed by atoms with Crippen molar-refractivity contribution in [1.29, 1.82) is 0 Å². The van der Waals surface area contributed by atoms with Gasteiger partial charge in [-0.3, -0.25) is 4.21 Å². The first kappa shape index (κ1) is 15.8. The van der Waals surface area contributed by atoms with Crippen LogP contribution in [0.25, 0.3) is 0 Å². The molecule has 116 valence electrons. The highest BCUT2D eigenvalue weighted by Crippen LogP contribution is 2.51. The van der Waals surface area contributed by atoms with Crippen LogP contribution in [0.3, 0.4) is 0 Å². The van der Waals surface area contributed by atoms with E-state index in [0.717, 1.165) is 18.0 Å².